The van der Waals surface area contributed by atoms with Crippen molar-refractivity contribution < 1.29 is 18.7 Å². The first-order valence-electron chi connectivity index (χ1n) is 10.3. The van der Waals surface area contributed by atoms with Gasteiger partial charge in [0.1, 0.15) is 17.4 Å². The molecule has 4 aromatic rings. The highest BCUT2D eigenvalue weighted by Gasteiger charge is 2.21. The molecule has 4 heterocycles. The molecule has 0 fully saturated rings. The molecule has 1 amide bonds. The van der Waals surface area contributed by atoms with Crippen LogP contribution in [0, 0.1) is 5.82 Å². The van der Waals surface area contributed by atoms with Crippen molar-refractivity contribution in [2.75, 3.05) is 11.9 Å². The molecular weight excluding hydrogens is 441 g/mol. The summed E-state index contributed by atoms with van der Waals surface area (Å²) in [5.74, 6) is 1.35. The first kappa shape index (κ1) is 21.3. The fourth-order valence-corrected chi connectivity index (χ4v) is 3.48. The van der Waals surface area contributed by atoms with Crippen molar-refractivity contribution in [3.63, 3.8) is 0 Å². The molecule has 0 bridgehead atoms. The number of benzene rings is 1. The minimum absolute atomic E-state index is 0.125. The van der Waals surface area contributed by atoms with Crippen LogP contribution in [-0.2, 0) is 18.3 Å². The van der Waals surface area contributed by atoms with Gasteiger partial charge in [-0.2, -0.15) is 0 Å². The van der Waals surface area contributed by atoms with Crippen LogP contribution in [0.1, 0.15) is 11.4 Å². The van der Waals surface area contributed by atoms with Crippen LogP contribution in [-0.4, -0.2) is 32.0 Å². The van der Waals surface area contributed by atoms with Crippen molar-refractivity contribution in [2.45, 2.75) is 6.42 Å². The Morgan fingerprint density at radius 1 is 1.06 bits per heavy atom. The van der Waals surface area contributed by atoms with Crippen molar-refractivity contribution in [2.24, 2.45) is 7.05 Å². The van der Waals surface area contributed by atoms with Gasteiger partial charge in [0.15, 0.2) is 18.2 Å². The number of hydrogen-bond donors (Lipinski definition) is 1. The summed E-state index contributed by atoms with van der Waals surface area (Å²) in [5.41, 5.74) is 1.37. The van der Waals surface area contributed by atoms with E-state index in [9.17, 15) is 14.0 Å². The summed E-state index contributed by atoms with van der Waals surface area (Å²) in [5, 5.41) is 2.62. The largest absolute Gasteiger partial charge is 0.476 e. The topological polar surface area (TPSA) is 108 Å². The molecule has 0 aliphatic carbocycles. The van der Waals surface area contributed by atoms with Crippen LogP contribution in [0.25, 0.3) is 11.3 Å². The normalized spacial score (nSPS) is 12.5. The van der Waals surface area contributed by atoms with Gasteiger partial charge in [-0.15, -0.1) is 0 Å². The summed E-state index contributed by atoms with van der Waals surface area (Å²) in [6.07, 6.45) is 4.86. The number of halogens is 1. The fraction of sp³-hybridized carbons (Fsp3) is 0.125. The minimum Gasteiger partial charge on any atom is -0.476 e. The Balaban J connectivity index is 1.36. The lowest BCUT2D eigenvalue weighted by atomic mass is 10.1. The Bertz CT molecular complexity index is 1440. The number of nitrogens with zero attached hydrogens (tertiary/aromatic N) is 4. The number of ether oxygens (including phenoxy) is 2. The molecule has 3 aromatic heterocycles. The van der Waals surface area contributed by atoms with Crippen molar-refractivity contribution >= 4 is 11.7 Å². The summed E-state index contributed by atoms with van der Waals surface area (Å²) < 4.78 is 25.9. The predicted octanol–water partition coefficient (Wildman–Crippen LogP) is 3.09. The van der Waals surface area contributed by atoms with E-state index in [2.05, 4.69) is 20.3 Å². The first-order chi connectivity index (χ1) is 16.5. The van der Waals surface area contributed by atoms with Gasteiger partial charge >= 0.3 is 0 Å². The molecule has 34 heavy (non-hydrogen) atoms. The van der Waals surface area contributed by atoms with Crippen LogP contribution in [0.5, 0.6) is 17.2 Å². The van der Waals surface area contributed by atoms with Crippen molar-refractivity contribution in [3.8, 4) is 28.5 Å². The number of hydrogen-bond acceptors (Lipinski definition) is 7. The predicted molar refractivity (Wildman–Crippen MR) is 120 cm³/mol. The Labute approximate surface area is 192 Å². The molecule has 0 saturated carbocycles. The average Bonchev–Trinajstić information content (AvgIpc) is 2.84. The SMILES string of the molecule is Cn1c(Cc2ccc(F)cc2)ncc(-c2ccc(Oc3ccnc4c3OCC(=O)N4)cn2)c1=O. The summed E-state index contributed by atoms with van der Waals surface area (Å²) in [7, 11) is 1.64. The van der Waals surface area contributed by atoms with Crippen LogP contribution in [0.3, 0.4) is 0 Å². The number of aromatic nitrogens is 4. The first-order valence-corrected chi connectivity index (χ1v) is 10.3. The van der Waals surface area contributed by atoms with Crippen LogP contribution in [0.15, 0.2) is 65.8 Å². The van der Waals surface area contributed by atoms with E-state index in [4.69, 9.17) is 9.47 Å². The van der Waals surface area contributed by atoms with Gasteiger partial charge in [-0.3, -0.25) is 19.1 Å². The molecular formula is C24H18FN5O4. The van der Waals surface area contributed by atoms with E-state index < -0.39 is 0 Å². The van der Waals surface area contributed by atoms with E-state index in [1.807, 2.05) is 0 Å². The van der Waals surface area contributed by atoms with Gasteiger partial charge in [-0.05, 0) is 29.8 Å². The van der Waals surface area contributed by atoms with Gasteiger partial charge in [0.2, 0.25) is 5.75 Å². The number of carbonyl (C=O) groups is 1. The molecule has 1 aliphatic heterocycles. The Kier molecular flexibility index (Phi) is 5.46. The fourth-order valence-electron chi connectivity index (χ4n) is 3.48. The molecule has 10 heteroatoms. The van der Waals surface area contributed by atoms with Gasteiger partial charge in [-0.25, -0.2) is 14.4 Å². The van der Waals surface area contributed by atoms with Crippen molar-refractivity contribution in [1.29, 1.82) is 0 Å². The summed E-state index contributed by atoms with van der Waals surface area (Å²) in [4.78, 5) is 37.2. The maximum absolute atomic E-state index is 13.1. The molecule has 0 spiro atoms. The molecule has 9 nitrogen and oxygen atoms in total. The van der Waals surface area contributed by atoms with Crippen LogP contribution >= 0.6 is 0 Å². The Morgan fingerprint density at radius 2 is 1.88 bits per heavy atom. The van der Waals surface area contributed by atoms with Crippen LogP contribution in [0.2, 0.25) is 0 Å². The second-order valence-corrected chi connectivity index (χ2v) is 7.56. The lowest BCUT2D eigenvalue weighted by Gasteiger charge is -2.19. The third kappa shape index (κ3) is 4.20. The minimum atomic E-state index is -0.317. The molecule has 0 radical (unpaired) electrons. The van der Waals surface area contributed by atoms with Gasteiger partial charge in [0.05, 0.1) is 17.5 Å². The molecule has 5 rings (SSSR count). The number of nitrogens with one attached hydrogen (secondary N) is 1. The summed E-state index contributed by atoms with van der Waals surface area (Å²) >= 11 is 0. The number of rotatable bonds is 5. The summed E-state index contributed by atoms with van der Waals surface area (Å²) in [6, 6.07) is 11.0. The second-order valence-electron chi connectivity index (χ2n) is 7.56. The number of amides is 1. The van der Waals surface area contributed by atoms with Crippen LogP contribution in [0.4, 0.5) is 10.2 Å². The molecule has 1 aliphatic rings. The molecule has 0 saturated heterocycles. The van der Waals surface area contributed by atoms with E-state index in [1.165, 1.54) is 35.3 Å². The van der Waals surface area contributed by atoms with E-state index in [-0.39, 0.29) is 29.7 Å². The molecule has 0 unspecified atom stereocenters. The second kappa shape index (κ2) is 8.74. The van der Waals surface area contributed by atoms with Gasteiger partial charge in [-0.1, -0.05) is 12.1 Å². The highest BCUT2D eigenvalue weighted by atomic mass is 19.1. The van der Waals surface area contributed by atoms with E-state index in [0.717, 1.165) is 5.56 Å². The molecule has 170 valence electrons. The molecule has 0 atom stereocenters. The Morgan fingerprint density at radius 3 is 2.65 bits per heavy atom. The third-order valence-electron chi connectivity index (χ3n) is 5.25. The number of carbonyl (C=O) groups excluding carboxylic acids is 1. The lowest BCUT2D eigenvalue weighted by Crippen LogP contribution is -2.26. The summed E-state index contributed by atoms with van der Waals surface area (Å²) in [6.45, 7) is -0.125. The highest BCUT2D eigenvalue weighted by molar-refractivity contribution is 5.94. The van der Waals surface area contributed by atoms with E-state index in [1.54, 1.807) is 37.4 Å². The average molecular weight is 459 g/mol. The number of anilines is 1. The van der Waals surface area contributed by atoms with Gasteiger partial charge in [0.25, 0.3) is 11.5 Å². The van der Waals surface area contributed by atoms with Crippen molar-refractivity contribution in [3.05, 3.63) is 88.6 Å². The Hall–Kier alpha value is -4.60. The van der Waals surface area contributed by atoms with E-state index >= 15 is 0 Å². The maximum Gasteiger partial charge on any atom is 0.263 e. The van der Waals surface area contributed by atoms with Crippen LogP contribution < -0.4 is 20.3 Å². The van der Waals surface area contributed by atoms with Gasteiger partial charge in [0, 0.05) is 31.9 Å². The number of pyridine rings is 2. The van der Waals surface area contributed by atoms with Crippen molar-refractivity contribution in [1.82, 2.24) is 19.5 Å². The zero-order valence-electron chi connectivity index (χ0n) is 18.0. The quantitative estimate of drug-likeness (QED) is 0.489. The smallest absolute Gasteiger partial charge is 0.263 e. The van der Waals surface area contributed by atoms with Gasteiger partial charge < -0.3 is 14.8 Å². The maximum atomic E-state index is 13.1. The standard InChI is InChI=1S/C24H18FN5O4/c1-30-20(10-14-2-4-15(25)5-3-14)28-12-17(24(30)32)18-7-6-16(11-27-18)34-19-8-9-26-23-22(19)33-13-21(31)29-23/h2-9,11-12H,10,13H2,1H3,(H,26,29,31). The monoisotopic (exact) mass is 459 g/mol. The lowest BCUT2D eigenvalue weighted by molar-refractivity contribution is -0.118. The van der Waals surface area contributed by atoms with E-state index in [0.29, 0.717) is 40.8 Å². The zero-order chi connectivity index (χ0) is 23.7. The highest BCUT2D eigenvalue weighted by Crippen LogP contribution is 2.38. The molecule has 1 N–H and O–H groups in total. The third-order valence-corrected chi connectivity index (χ3v) is 5.25. The number of fused-ring (bicyclic) bond motifs is 1. The zero-order valence-corrected chi connectivity index (χ0v) is 18.0. The molecule has 1 aromatic carbocycles.